The van der Waals surface area contributed by atoms with Gasteiger partial charge in [-0.15, -0.1) is 33.7 Å². The molecule has 0 radical (unpaired) electrons. The van der Waals surface area contributed by atoms with Crippen LogP contribution in [0.4, 0.5) is 0 Å². The predicted octanol–water partition coefficient (Wildman–Crippen LogP) is 5.23. The van der Waals surface area contributed by atoms with Crippen molar-refractivity contribution < 1.29 is 0 Å². The second kappa shape index (κ2) is 10.4. The van der Waals surface area contributed by atoms with Crippen molar-refractivity contribution in [2.45, 2.75) is 29.9 Å². The molecule has 0 aliphatic rings. The van der Waals surface area contributed by atoms with Crippen LogP contribution < -0.4 is 0 Å². The first-order chi connectivity index (χ1) is 14.8. The highest BCUT2D eigenvalue weighted by Crippen LogP contribution is 2.23. The van der Waals surface area contributed by atoms with Crippen molar-refractivity contribution >= 4 is 23.5 Å². The zero-order chi connectivity index (χ0) is 20.6. The number of benzene rings is 1. The molecule has 3 heterocycles. The van der Waals surface area contributed by atoms with E-state index in [1.54, 1.807) is 23.5 Å². The van der Waals surface area contributed by atoms with Gasteiger partial charge in [-0.1, -0.05) is 29.8 Å². The molecule has 4 aromatic rings. The van der Waals surface area contributed by atoms with Crippen LogP contribution in [0.5, 0.6) is 0 Å². The molecule has 0 unspecified atom stereocenters. The number of rotatable bonds is 9. The molecule has 0 atom stereocenters. The van der Waals surface area contributed by atoms with Gasteiger partial charge < -0.3 is 0 Å². The van der Waals surface area contributed by atoms with Crippen LogP contribution in [-0.4, -0.2) is 24.7 Å². The topological polar surface area (TPSA) is 56.5 Å². The highest BCUT2D eigenvalue weighted by Gasteiger charge is 2.14. The Morgan fingerprint density at radius 3 is 1.67 bits per heavy atom. The molecule has 152 valence electrons. The zero-order valence-corrected chi connectivity index (χ0v) is 18.4. The van der Waals surface area contributed by atoms with Crippen molar-refractivity contribution in [3.63, 3.8) is 0 Å². The van der Waals surface area contributed by atoms with Crippen LogP contribution in [0.1, 0.15) is 28.6 Å². The maximum absolute atomic E-state index is 4.51. The van der Waals surface area contributed by atoms with Crippen LogP contribution >= 0.6 is 23.5 Å². The van der Waals surface area contributed by atoms with Crippen molar-refractivity contribution in [2.75, 3.05) is 0 Å². The monoisotopic (exact) mass is 433 g/mol. The third kappa shape index (κ3) is 5.49. The molecule has 0 N–H and O–H groups in total. The van der Waals surface area contributed by atoms with Crippen molar-refractivity contribution in [3.05, 3.63) is 102 Å². The second-order valence-corrected chi connectivity index (χ2v) is 8.80. The van der Waals surface area contributed by atoms with Gasteiger partial charge in [-0.05, 0) is 43.3 Å². The van der Waals surface area contributed by atoms with Crippen LogP contribution in [0.3, 0.4) is 0 Å². The minimum absolute atomic E-state index is 0.780. The Hall–Kier alpha value is -2.64. The smallest absolute Gasteiger partial charge is 0.147 e. The Bertz CT molecular complexity index is 987. The molecule has 3 aromatic heterocycles. The van der Waals surface area contributed by atoms with Crippen LogP contribution in [0, 0.1) is 6.92 Å². The summed E-state index contributed by atoms with van der Waals surface area (Å²) in [4.78, 5) is 8.80. The van der Waals surface area contributed by atoms with Gasteiger partial charge in [0.05, 0.1) is 22.9 Å². The predicted molar refractivity (Wildman–Crippen MR) is 125 cm³/mol. The molecule has 0 saturated carbocycles. The lowest BCUT2D eigenvalue weighted by Gasteiger charge is -2.11. The quantitative estimate of drug-likeness (QED) is 0.360. The number of aromatic nitrogens is 5. The van der Waals surface area contributed by atoms with Crippen LogP contribution in [-0.2, 0) is 23.0 Å². The third-order valence-electron chi connectivity index (χ3n) is 4.50. The summed E-state index contributed by atoms with van der Waals surface area (Å²) in [5.74, 6) is 5.20. The Morgan fingerprint density at radius 2 is 1.20 bits per heavy atom. The van der Waals surface area contributed by atoms with E-state index in [-0.39, 0.29) is 0 Å². The molecule has 0 amide bonds. The molecule has 0 aliphatic carbocycles. The first kappa shape index (κ1) is 20.6. The van der Waals surface area contributed by atoms with Crippen LogP contribution in [0.2, 0.25) is 0 Å². The molecular formula is C23H23N5S2. The summed E-state index contributed by atoms with van der Waals surface area (Å²) in [6.07, 6.45) is 3.67. The molecule has 0 fully saturated rings. The largest absolute Gasteiger partial charge is 0.282 e. The van der Waals surface area contributed by atoms with Crippen molar-refractivity contribution in [3.8, 4) is 5.69 Å². The molecule has 1 aromatic carbocycles. The van der Waals surface area contributed by atoms with E-state index >= 15 is 0 Å². The van der Waals surface area contributed by atoms with Gasteiger partial charge in [-0.3, -0.25) is 14.5 Å². The minimum atomic E-state index is 0.780. The van der Waals surface area contributed by atoms with E-state index in [0.717, 1.165) is 51.7 Å². The summed E-state index contributed by atoms with van der Waals surface area (Å²) in [5, 5.41) is 9.03. The Kier molecular flexibility index (Phi) is 7.16. The van der Waals surface area contributed by atoms with E-state index in [4.69, 9.17) is 0 Å². The van der Waals surface area contributed by atoms with E-state index in [2.05, 4.69) is 68.1 Å². The van der Waals surface area contributed by atoms with Gasteiger partial charge in [-0.25, -0.2) is 0 Å². The molecule has 4 rings (SSSR count). The normalized spacial score (nSPS) is 11.0. The fraction of sp³-hybridized carbons (Fsp3) is 0.217. The number of hydrogen-bond donors (Lipinski definition) is 0. The summed E-state index contributed by atoms with van der Waals surface area (Å²) in [7, 11) is 0. The fourth-order valence-corrected chi connectivity index (χ4v) is 4.70. The lowest BCUT2D eigenvalue weighted by atomic mass is 10.2. The van der Waals surface area contributed by atoms with E-state index < -0.39 is 0 Å². The van der Waals surface area contributed by atoms with Gasteiger partial charge >= 0.3 is 0 Å². The summed E-state index contributed by atoms with van der Waals surface area (Å²) in [5.41, 5.74) is 4.50. The molecule has 0 saturated heterocycles. The minimum Gasteiger partial charge on any atom is -0.282 e. The lowest BCUT2D eigenvalue weighted by molar-refractivity contribution is 0.919. The van der Waals surface area contributed by atoms with Gasteiger partial charge in [0, 0.05) is 29.6 Å². The van der Waals surface area contributed by atoms with E-state index in [1.807, 2.05) is 36.7 Å². The molecule has 0 bridgehead atoms. The van der Waals surface area contributed by atoms with E-state index in [0.29, 0.717) is 0 Å². The highest BCUT2D eigenvalue weighted by atomic mass is 32.2. The Labute approximate surface area is 185 Å². The summed E-state index contributed by atoms with van der Waals surface area (Å²) in [6, 6.07) is 20.6. The fourth-order valence-electron chi connectivity index (χ4n) is 2.99. The molecule has 5 nitrogen and oxygen atoms in total. The molecule has 30 heavy (non-hydrogen) atoms. The van der Waals surface area contributed by atoms with Gasteiger partial charge in [0.25, 0.3) is 0 Å². The van der Waals surface area contributed by atoms with Gasteiger partial charge in [-0.2, -0.15) is 0 Å². The summed E-state index contributed by atoms with van der Waals surface area (Å²) >= 11 is 3.61. The van der Waals surface area contributed by atoms with Gasteiger partial charge in [0.15, 0.2) is 0 Å². The maximum atomic E-state index is 4.51. The average molecular weight is 434 g/mol. The first-order valence-electron chi connectivity index (χ1n) is 9.75. The molecule has 0 spiro atoms. The number of pyridine rings is 2. The number of nitrogens with zero attached hydrogens (tertiary/aromatic N) is 5. The standard InChI is InChI=1S/C23H23N5S2/c1-18-8-10-21(11-9-18)28-22(16-29-14-19-6-2-4-12-24-19)26-27-23(28)17-30-15-20-7-3-5-13-25-20/h2-13H,14-17H2,1H3. The summed E-state index contributed by atoms with van der Waals surface area (Å²) < 4.78 is 2.19. The van der Waals surface area contributed by atoms with Crippen LogP contribution in [0.15, 0.2) is 73.1 Å². The second-order valence-electron chi connectivity index (χ2n) is 6.83. The van der Waals surface area contributed by atoms with E-state index in [9.17, 15) is 0 Å². The maximum Gasteiger partial charge on any atom is 0.147 e. The average Bonchev–Trinajstić information content (AvgIpc) is 3.18. The van der Waals surface area contributed by atoms with Gasteiger partial charge in [0.1, 0.15) is 11.6 Å². The molecule has 0 aliphatic heterocycles. The van der Waals surface area contributed by atoms with Crippen molar-refractivity contribution in [1.82, 2.24) is 24.7 Å². The zero-order valence-electron chi connectivity index (χ0n) is 16.8. The van der Waals surface area contributed by atoms with Crippen LogP contribution in [0.25, 0.3) is 5.69 Å². The lowest BCUT2D eigenvalue weighted by Crippen LogP contribution is -2.05. The molecule has 7 heteroatoms. The SMILES string of the molecule is Cc1ccc(-n2c(CSCc3ccccn3)nnc2CSCc2ccccn2)cc1. The molecular weight excluding hydrogens is 410 g/mol. The highest BCUT2D eigenvalue weighted by molar-refractivity contribution is 7.97. The van der Waals surface area contributed by atoms with Crippen molar-refractivity contribution in [2.24, 2.45) is 0 Å². The number of hydrogen-bond acceptors (Lipinski definition) is 6. The summed E-state index contributed by atoms with van der Waals surface area (Å²) in [6.45, 7) is 2.10. The number of aryl methyl sites for hydroxylation is 1. The third-order valence-corrected chi connectivity index (χ3v) is 6.43. The van der Waals surface area contributed by atoms with E-state index in [1.165, 1.54) is 5.56 Å². The Balaban J connectivity index is 1.48. The first-order valence-corrected chi connectivity index (χ1v) is 12.1. The number of thioether (sulfide) groups is 2. The Morgan fingerprint density at radius 1 is 0.667 bits per heavy atom. The van der Waals surface area contributed by atoms with Crippen molar-refractivity contribution in [1.29, 1.82) is 0 Å². The van der Waals surface area contributed by atoms with Gasteiger partial charge in [0.2, 0.25) is 0 Å².